The zero-order valence-corrected chi connectivity index (χ0v) is 18.0. The quantitative estimate of drug-likeness (QED) is 0.507. The van der Waals surface area contributed by atoms with Crippen LogP contribution in [-0.2, 0) is 14.8 Å². The fraction of sp³-hybridized carbons (Fsp3) is 0.381. The van der Waals surface area contributed by atoms with Gasteiger partial charge in [0.05, 0.1) is 29.1 Å². The number of amides is 1. The van der Waals surface area contributed by atoms with Gasteiger partial charge >= 0.3 is 0 Å². The summed E-state index contributed by atoms with van der Waals surface area (Å²) in [6.07, 6.45) is 0. The third-order valence-electron chi connectivity index (χ3n) is 6.32. The van der Waals surface area contributed by atoms with E-state index < -0.39 is 20.9 Å². The van der Waals surface area contributed by atoms with Crippen LogP contribution in [0.4, 0.5) is 11.4 Å². The Bertz CT molecular complexity index is 1170. The van der Waals surface area contributed by atoms with E-state index in [1.54, 1.807) is 18.2 Å². The minimum atomic E-state index is -4.27. The average molecular weight is 458 g/mol. The fourth-order valence-corrected chi connectivity index (χ4v) is 5.55. The molecule has 0 aliphatic carbocycles. The molecule has 1 spiro atoms. The van der Waals surface area contributed by atoms with E-state index in [0.717, 1.165) is 32.4 Å². The molecule has 0 radical (unpaired) electrons. The molecule has 5 rings (SSSR count). The molecule has 3 aliphatic rings. The Morgan fingerprint density at radius 3 is 2.38 bits per heavy atom. The van der Waals surface area contributed by atoms with Gasteiger partial charge in [-0.15, -0.1) is 0 Å². The van der Waals surface area contributed by atoms with Gasteiger partial charge in [0.2, 0.25) is 0 Å². The predicted molar refractivity (Wildman–Crippen MR) is 115 cm³/mol. The summed E-state index contributed by atoms with van der Waals surface area (Å²) in [6, 6.07) is 12.1. The van der Waals surface area contributed by atoms with E-state index >= 15 is 0 Å². The predicted octanol–water partition coefficient (Wildman–Crippen LogP) is 1.23. The minimum Gasteiger partial charge on any atom is -0.378 e. The molecule has 11 heteroatoms. The summed E-state index contributed by atoms with van der Waals surface area (Å²) in [6.45, 7) is 4.81. The number of nitro benzene ring substituents is 1. The van der Waals surface area contributed by atoms with E-state index in [2.05, 4.69) is 4.90 Å². The van der Waals surface area contributed by atoms with Crippen LogP contribution in [-0.4, -0.2) is 69.6 Å². The van der Waals surface area contributed by atoms with Gasteiger partial charge in [-0.2, -0.15) is 0 Å². The number of hydrogen-bond acceptors (Lipinski definition) is 8. The van der Waals surface area contributed by atoms with E-state index in [1.165, 1.54) is 24.3 Å². The first kappa shape index (κ1) is 20.9. The van der Waals surface area contributed by atoms with Crippen molar-refractivity contribution in [3.8, 4) is 0 Å². The molecule has 3 aliphatic heterocycles. The number of carbonyl (C=O) groups excluding carboxylic acids is 1. The van der Waals surface area contributed by atoms with Crippen LogP contribution in [0.1, 0.15) is 10.4 Å². The van der Waals surface area contributed by atoms with Gasteiger partial charge in [-0.05, 0) is 24.3 Å². The second kappa shape index (κ2) is 7.54. The molecule has 0 bridgehead atoms. The van der Waals surface area contributed by atoms with Gasteiger partial charge in [-0.3, -0.25) is 19.8 Å². The first-order chi connectivity index (χ1) is 15.3. The lowest BCUT2D eigenvalue weighted by atomic mass is 9.71. The van der Waals surface area contributed by atoms with Gasteiger partial charge in [0.1, 0.15) is 5.69 Å². The SMILES string of the molecule is O=C(NS(=O)(=O)c1ccc(N2CC3(C2)CN(C2COC2)C3)c([N+](=O)[O-])c1)c1ccccc1. The minimum absolute atomic E-state index is 0.137. The van der Waals surface area contributed by atoms with E-state index in [-0.39, 0.29) is 21.6 Å². The van der Waals surface area contributed by atoms with Crippen LogP contribution in [0.15, 0.2) is 53.4 Å². The molecule has 3 saturated heterocycles. The van der Waals surface area contributed by atoms with Crippen molar-refractivity contribution >= 4 is 27.3 Å². The Morgan fingerprint density at radius 1 is 1.09 bits per heavy atom. The van der Waals surface area contributed by atoms with Crippen LogP contribution < -0.4 is 9.62 Å². The highest BCUT2D eigenvalue weighted by Gasteiger charge is 2.54. The molecular formula is C21H22N4O6S. The Morgan fingerprint density at radius 2 is 1.78 bits per heavy atom. The molecule has 3 fully saturated rings. The standard InChI is InChI=1S/C21H22N4O6S/c26-20(15-4-2-1-3-5-15)22-32(29,30)17-6-7-18(19(8-17)25(27)28)24-13-21(14-24)11-23(12-21)16-9-31-10-16/h1-8,16H,9-14H2,(H,22,26). The van der Waals surface area contributed by atoms with Crippen molar-refractivity contribution in [2.75, 3.05) is 44.3 Å². The van der Waals surface area contributed by atoms with Gasteiger partial charge in [-0.1, -0.05) is 18.2 Å². The highest BCUT2D eigenvalue weighted by Crippen LogP contribution is 2.45. The van der Waals surface area contributed by atoms with Crippen molar-refractivity contribution in [1.82, 2.24) is 9.62 Å². The number of ether oxygens (including phenoxy) is 1. The van der Waals surface area contributed by atoms with Crippen molar-refractivity contribution in [2.24, 2.45) is 5.41 Å². The number of sulfonamides is 1. The van der Waals surface area contributed by atoms with Crippen molar-refractivity contribution in [3.63, 3.8) is 0 Å². The molecule has 10 nitrogen and oxygen atoms in total. The molecule has 0 unspecified atom stereocenters. The topological polar surface area (TPSA) is 122 Å². The van der Waals surface area contributed by atoms with Gasteiger partial charge in [0.15, 0.2) is 0 Å². The van der Waals surface area contributed by atoms with Gasteiger partial charge in [-0.25, -0.2) is 13.1 Å². The van der Waals surface area contributed by atoms with Crippen molar-refractivity contribution in [2.45, 2.75) is 10.9 Å². The van der Waals surface area contributed by atoms with E-state index in [4.69, 9.17) is 4.74 Å². The highest BCUT2D eigenvalue weighted by molar-refractivity contribution is 7.90. The Hall–Kier alpha value is -3.02. The number of rotatable bonds is 6. The number of benzene rings is 2. The van der Waals surface area contributed by atoms with E-state index in [1.807, 2.05) is 9.62 Å². The first-order valence-electron chi connectivity index (χ1n) is 10.2. The Balaban J connectivity index is 1.30. The van der Waals surface area contributed by atoms with Crippen LogP contribution >= 0.6 is 0 Å². The lowest BCUT2D eigenvalue weighted by molar-refractivity contribution is -0.384. The summed E-state index contributed by atoms with van der Waals surface area (Å²) in [7, 11) is -4.27. The smallest absolute Gasteiger partial charge is 0.293 e. The molecule has 2 aromatic rings. The van der Waals surface area contributed by atoms with Crippen LogP contribution in [0, 0.1) is 15.5 Å². The fourth-order valence-electron chi connectivity index (χ4n) is 4.55. The lowest BCUT2D eigenvalue weighted by Gasteiger charge is -2.63. The van der Waals surface area contributed by atoms with Crippen LogP contribution in [0.5, 0.6) is 0 Å². The number of hydrogen-bond donors (Lipinski definition) is 1. The second-order valence-electron chi connectivity index (χ2n) is 8.66. The largest absolute Gasteiger partial charge is 0.378 e. The molecular weight excluding hydrogens is 436 g/mol. The normalized spacial score (nSPS) is 20.2. The van der Waals surface area contributed by atoms with Crippen molar-refractivity contribution in [1.29, 1.82) is 0 Å². The van der Waals surface area contributed by atoms with Gasteiger partial charge in [0.25, 0.3) is 21.6 Å². The summed E-state index contributed by atoms with van der Waals surface area (Å²) in [5.41, 5.74) is 0.409. The maximum atomic E-state index is 12.7. The van der Waals surface area contributed by atoms with Crippen molar-refractivity contribution < 1.29 is 22.9 Å². The summed E-state index contributed by atoms with van der Waals surface area (Å²) in [4.78, 5) is 27.3. The van der Waals surface area contributed by atoms with E-state index in [9.17, 15) is 23.3 Å². The van der Waals surface area contributed by atoms with Crippen LogP contribution in [0.3, 0.4) is 0 Å². The Labute approximate surface area is 185 Å². The summed E-state index contributed by atoms with van der Waals surface area (Å²) in [5.74, 6) is -0.798. The van der Waals surface area contributed by atoms with Crippen molar-refractivity contribution in [3.05, 3.63) is 64.2 Å². The molecule has 3 heterocycles. The molecule has 1 amide bonds. The first-order valence-corrected chi connectivity index (χ1v) is 11.7. The number of nitrogens with zero attached hydrogens (tertiary/aromatic N) is 3. The number of anilines is 1. The second-order valence-corrected chi connectivity index (χ2v) is 10.3. The molecule has 1 N–H and O–H groups in total. The van der Waals surface area contributed by atoms with Gasteiger partial charge in [0, 0.05) is 43.2 Å². The molecule has 32 heavy (non-hydrogen) atoms. The van der Waals surface area contributed by atoms with E-state index in [0.29, 0.717) is 24.8 Å². The third-order valence-corrected chi connectivity index (χ3v) is 7.65. The maximum absolute atomic E-state index is 12.7. The zero-order chi connectivity index (χ0) is 22.5. The molecule has 0 saturated carbocycles. The van der Waals surface area contributed by atoms with Crippen LogP contribution in [0.2, 0.25) is 0 Å². The maximum Gasteiger partial charge on any atom is 0.293 e. The van der Waals surface area contributed by atoms with Gasteiger partial charge < -0.3 is 9.64 Å². The van der Waals surface area contributed by atoms with Crippen LogP contribution in [0.25, 0.3) is 0 Å². The third kappa shape index (κ3) is 3.61. The Kier molecular flexibility index (Phi) is 4.91. The summed E-state index contributed by atoms with van der Waals surface area (Å²) in [5, 5.41) is 11.7. The zero-order valence-electron chi connectivity index (χ0n) is 17.1. The number of carbonyl (C=O) groups is 1. The molecule has 0 atom stereocenters. The number of likely N-dealkylation sites (tertiary alicyclic amines) is 1. The molecule has 168 valence electrons. The monoisotopic (exact) mass is 458 g/mol. The number of nitro groups is 1. The summed E-state index contributed by atoms with van der Waals surface area (Å²) >= 11 is 0. The molecule has 0 aromatic heterocycles. The lowest BCUT2D eigenvalue weighted by Crippen LogP contribution is -2.75. The summed E-state index contributed by atoms with van der Waals surface area (Å²) < 4.78 is 32.5. The number of nitrogens with one attached hydrogen (secondary N) is 1. The average Bonchev–Trinajstić information content (AvgIpc) is 2.67. The molecule has 2 aromatic carbocycles. The highest BCUT2D eigenvalue weighted by atomic mass is 32.2.